The zero-order chi connectivity index (χ0) is 15.2. The summed E-state index contributed by atoms with van der Waals surface area (Å²) >= 11 is 0. The number of hydrogen-bond acceptors (Lipinski definition) is 3. The van der Waals surface area contributed by atoms with Crippen LogP contribution < -0.4 is 16.4 Å². The minimum absolute atomic E-state index is 0.00890. The Morgan fingerprint density at radius 1 is 1.43 bits per heavy atom. The number of amides is 2. The lowest BCUT2D eigenvalue weighted by atomic mass is 10.2. The second-order valence-electron chi connectivity index (χ2n) is 5.15. The Labute approximate surface area is 124 Å². The van der Waals surface area contributed by atoms with Gasteiger partial charge in [-0.3, -0.25) is 5.10 Å². The van der Waals surface area contributed by atoms with Gasteiger partial charge in [-0.05, 0) is 37.6 Å². The van der Waals surface area contributed by atoms with Gasteiger partial charge in [0.15, 0.2) is 0 Å². The average molecular weight is 287 g/mol. The fourth-order valence-corrected chi connectivity index (χ4v) is 2.11. The maximum absolute atomic E-state index is 11.9. The minimum atomic E-state index is -0.232. The Balaban J connectivity index is 1.85. The molecule has 0 aliphatic rings. The van der Waals surface area contributed by atoms with E-state index in [1.54, 1.807) is 0 Å². The van der Waals surface area contributed by atoms with Crippen molar-refractivity contribution in [3.8, 4) is 0 Å². The average Bonchev–Trinajstić information content (AvgIpc) is 2.83. The number of aromatic nitrogens is 2. The standard InChI is InChI=1S/C15H21N5O/c1-10(6-14-7-11(2)19-20-14)17-15(21)18-13-5-3-4-12(8-13)9-16/h3-5,7-8,10H,6,9,16H2,1-2H3,(H,19,20)(H2,17,18,21)/t10-/m1/s1. The Hall–Kier alpha value is -2.34. The molecule has 0 radical (unpaired) electrons. The van der Waals surface area contributed by atoms with Crippen LogP contribution in [0.5, 0.6) is 0 Å². The highest BCUT2D eigenvalue weighted by Gasteiger charge is 2.10. The number of aromatic amines is 1. The van der Waals surface area contributed by atoms with Gasteiger partial charge in [-0.15, -0.1) is 0 Å². The van der Waals surface area contributed by atoms with E-state index in [1.165, 1.54) is 0 Å². The van der Waals surface area contributed by atoms with Gasteiger partial charge in [-0.2, -0.15) is 5.10 Å². The van der Waals surface area contributed by atoms with Crippen molar-refractivity contribution in [3.05, 3.63) is 47.3 Å². The molecule has 0 spiro atoms. The third kappa shape index (κ3) is 4.61. The lowest BCUT2D eigenvalue weighted by molar-refractivity contribution is 0.249. The number of H-pyrrole nitrogens is 1. The molecule has 0 aliphatic heterocycles. The number of carbonyl (C=O) groups is 1. The predicted octanol–water partition coefficient (Wildman–Crippen LogP) is 1.93. The van der Waals surface area contributed by atoms with Crippen LogP contribution >= 0.6 is 0 Å². The SMILES string of the molecule is Cc1cc(C[C@@H](C)NC(=O)Nc2cccc(CN)c2)n[nH]1. The molecule has 2 aromatic rings. The fraction of sp³-hybridized carbons (Fsp3) is 0.333. The van der Waals surface area contributed by atoms with Crippen molar-refractivity contribution in [1.29, 1.82) is 0 Å². The number of carbonyl (C=O) groups excluding carboxylic acids is 1. The topological polar surface area (TPSA) is 95.8 Å². The lowest BCUT2D eigenvalue weighted by Crippen LogP contribution is -2.37. The number of nitrogens with zero attached hydrogens (tertiary/aromatic N) is 1. The molecule has 2 rings (SSSR count). The van der Waals surface area contributed by atoms with Crippen molar-refractivity contribution in [3.63, 3.8) is 0 Å². The summed E-state index contributed by atoms with van der Waals surface area (Å²) in [6.07, 6.45) is 0.681. The quantitative estimate of drug-likeness (QED) is 0.676. The molecule has 112 valence electrons. The monoisotopic (exact) mass is 287 g/mol. The van der Waals surface area contributed by atoms with Crippen LogP contribution in [0.25, 0.3) is 0 Å². The highest BCUT2D eigenvalue weighted by Crippen LogP contribution is 2.10. The molecule has 0 bridgehead atoms. The number of rotatable bonds is 5. The first kappa shape index (κ1) is 15.1. The summed E-state index contributed by atoms with van der Waals surface area (Å²) in [5.41, 5.74) is 9.24. The number of nitrogens with one attached hydrogen (secondary N) is 3. The van der Waals surface area contributed by atoms with Crippen LogP contribution in [-0.4, -0.2) is 22.3 Å². The van der Waals surface area contributed by atoms with Crippen molar-refractivity contribution in [1.82, 2.24) is 15.5 Å². The van der Waals surface area contributed by atoms with Gasteiger partial charge < -0.3 is 16.4 Å². The summed E-state index contributed by atoms with van der Waals surface area (Å²) in [5, 5.41) is 12.7. The van der Waals surface area contributed by atoms with Crippen LogP contribution in [0, 0.1) is 6.92 Å². The summed E-state index contributed by atoms with van der Waals surface area (Å²) in [7, 11) is 0. The van der Waals surface area contributed by atoms with E-state index in [-0.39, 0.29) is 12.1 Å². The highest BCUT2D eigenvalue weighted by atomic mass is 16.2. The first-order valence-corrected chi connectivity index (χ1v) is 6.94. The third-order valence-electron chi connectivity index (χ3n) is 3.07. The number of nitrogens with two attached hydrogens (primary N) is 1. The van der Waals surface area contributed by atoms with Gasteiger partial charge in [-0.1, -0.05) is 12.1 Å². The molecule has 2 amide bonds. The van der Waals surface area contributed by atoms with Gasteiger partial charge in [0.1, 0.15) is 0 Å². The fourth-order valence-electron chi connectivity index (χ4n) is 2.11. The summed E-state index contributed by atoms with van der Waals surface area (Å²) in [6.45, 7) is 4.34. The smallest absolute Gasteiger partial charge is 0.319 e. The van der Waals surface area contributed by atoms with Gasteiger partial charge in [0.2, 0.25) is 0 Å². The Kier molecular flexibility index (Phi) is 4.94. The van der Waals surface area contributed by atoms with Gasteiger partial charge >= 0.3 is 6.03 Å². The van der Waals surface area contributed by atoms with Crippen LogP contribution in [0.3, 0.4) is 0 Å². The zero-order valence-electron chi connectivity index (χ0n) is 12.3. The molecular formula is C15H21N5O. The predicted molar refractivity (Wildman–Crippen MR) is 83.0 cm³/mol. The molecule has 1 heterocycles. The highest BCUT2D eigenvalue weighted by molar-refractivity contribution is 5.89. The van der Waals surface area contributed by atoms with Crippen molar-refractivity contribution in [2.45, 2.75) is 32.9 Å². The van der Waals surface area contributed by atoms with Gasteiger partial charge in [0.25, 0.3) is 0 Å². The molecule has 6 nitrogen and oxygen atoms in total. The van der Waals surface area contributed by atoms with Crippen LogP contribution in [0.2, 0.25) is 0 Å². The van der Waals surface area contributed by atoms with Gasteiger partial charge in [-0.25, -0.2) is 4.79 Å². The second kappa shape index (κ2) is 6.90. The molecule has 1 atom stereocenters. The maximum atomic E-state index is 11.9. The summed E-state index contributed by atoms with van der Waals surface area (Å²) in [4.78, 5) is 11.9. The first-order chi connectivity index (χ1) is 10.1. The largest absolute Gasteiger partial charge is 0.335 e. The Morgan fingerprint density at radius 2 is 2.24 bits per heavy atom. The molecule has 1 aromatic carbocycles. The van der Waals surface area contributed by atoms with E-state index in [2.05, 4.69) is 20.8 Å². The Bertz CT molecular complexity index is 608. The maximum Gasteiger partial charge on any atom is 0.319 e. The lowest BCUT2D eigenvalue weighted by Gasteiger charge is -2.14. The minimum Gasteiger partial charge on any atom is -0.335 e. The van der Waals surface area contributed by atoms with Crippen LogP contribution in [0.4, 0.5) is 10.5 Å². The summed E-state index contributed by atoms with van der Waals surface area (Å²) < 4.78 is 0. The van der Waals surface area contributed by atoms with Crippen molar-refractivity contribution < 1.29 is 4.79 Å². The number of aryl methyl sites for hydroxylation is 1. The molecule has 1 aromatic heterocycles. The molecule has 21 heavy (non-hydrogen) atoms. The number of urea groups is 1. The molecular weight excluding hydrogens is 266 g/mol. The molecule has 0 saturated carbocycles. The van der Waals surface area contributed by atoms with Crippen LogP contribution in [0.1, 0.15) is 23.9 Å². The normalized spacial score (nSPS) is 12.0. The van der Waals surface area contributed by atoms with Gasteiger partial charge in [0.05, 0.1) is 5.69 Å². The van der Waals surface area contributed by atoms with E-state index in [0.29, 0.717) is 13.0 Å². The van der Waals surface area contributed by atoms with Crippen LogP contribution in [-0.2, 0) is 13.0 Å². The van der Waals surface area contributed by atoms with Crippen molar-refractivity contribution in [2.24, 2.45) is 5.73 Å². The number of benzene rings is 1. The Morgan fingerprint density at radius 3 is 2.90 bits per heavy atom. The molecule has 0 aliphatic carbocycles. The molecule has 6 heteroatoms. The van der Waals surface area contributed by atoms with Crippen LogP contribution in [0.15, 0.2) is 30.3 Å². The molecule has 0 unspecified atom stereocenters. The molecule has 0 saturated heterocycles. The van der Waals surface area contributed by atoms with E-state index >= 15 is 0 Å². The summed E-state index contributed by atoms with van der Waals surface area (Å²) in [6, 6.07) is 9.22. The van der Waals surface area contributed by atoms with E-state index in [1.807, 2.05) is 44.2 Å². The summed E-state index contributed by atoms with van der Waals surface area (Å²) in [5.74, 6) is 0. The first-order valence-electron chi connectivity index (χ1n) is 6.94. The van der Waals surface area contributed by atoms with Crippen molar-refractivity contribution in [2.75, 3.05) is 5.32 Å². The number of anilines is 1. The van der Waals surface area contributed by atoms with E-state index < -0.39 is 0 Å². The van der Waals surface area contributed by atoms with Gasteiger partial charge in [0, 0.05) is 30.4 Å². The van der Waals surface area contributed by atoms with E-state index in [9.17, 15) is 4.79 Å². The zero-order valence-corrected chi connectivity index (χ0v) is 12.3. The number of hydrogen-bond donors (Lipinski definition) is 4. The molecule has 5 N–H and O–H groups in total. The van der Waals surface area contributed by atoms with E-state index in [0.717, 1.165) is 22.6 Å². The molecule has 0 fully saturated rings. The second-order valence-corrected chi connectivity index (χ2v) is 5.15. The third-order valence-corrected chi connectivity index (χ3v) is 3.07. The van der Waals surface area contributed by atoms with E-state index in [4.69, 9.17) is 5.73 Å². The van der Waals surface area contributed by atoms with Crippen molar-refractivity contribution >= 4 is 11.7 Å².